The molecule has 0 aromatic carbocycles. The van der Waals surface area contributed by atoms with Crippen molar-refractivity contribution in [3.8, 4) is 0 Å². The van der Waals surface area contributed by atoms with Crippen molar-refractivity contribution in [1.82, 2.24) is 19.9 Å². The van der Waals surface area contributed by atoms with E-state index in [-0.39, 0.29) is 5.28 Å². The van der Waals surface area contributed by atoms with Gasteiger partial charge in [-0.25, -0.2) is 0 Å². The van der Waals surface area contributed by atoms with Crippen LogP contribution in [0, 0.1) is 0 Å². The summed E-state index contributed by atoms with van der Waals surface area (Å²) < 4.78 is 0. The molecule has 0 unspecified atom stereocenters. The molecule has 0 aliphatic heterocycles. The zero-order valence-corrected chi connectivity index (χ0v) is 13.0. The van der Waals surface area contributed by atoms with E-state index >= 15 is 0 Å². The normalized spacial score (nSPS) is 10.4. The maximum absolute atomic E-state index is 5.95. The van der Waals surface area contributed by atoms with Crippen molar-refractivity contribution in [2.24, 2.45) is 0 Å². The van der Waals surface area contributed by atoms with Crippen molar-refractivity contribution in [3.05, 3.63) is 35.4 Å². The molecule has 0 aliphatic rings. The average molecular weight is 307 g/mol. The molecule has 7 heteroatoms. The van der Waals surface area contributed by atoms with E-state index in [2.05, 4.69) is 32.2 Å². The average Bonchev–Trinajstić information content (AvgIpc) is 2.51. The van der Waals surface area contributed by atoms with Gasteiger partial charge in [-0.1, -0.05) is 13.0 Å². The van der Waals surface area contributed by atoms with Crippen molar-refractivity contribution < 1.29 is 0 Å². The summed E-state index contributed by atoms with van der Waals surface area (Å²) in [6.07, 6.45) is 3.61. The van der Waals surface area contributed by atoms with E-state index in [1.807, 2.05) is 30.1 Å². The molecule has 2 rings (SSSR count). The van der Waals surface area contributed by atoms with Crippen molar-refractivity contribution in [2.75, 3.05) is 30.4 Å². The monoisotopic (exact) mass is 306 g/mol. The van der Waals surface area contributed by atoms with Crippen LogP contribution in [0.4, 0.5) is 11.9 Å². The van der Waals surface area contributed by atoms with Gasteiger partial charge in [0.2, 0.25) is 17.2 Å². The maximum atomic E-state index is 5.95. The van der Waals surface area contributed by atoms with Gasteiger partial charge in [-0.2, -0.15) is 15.0 Å². The molecule has 1 N–H and O–H groups in total. The van der Waals surface area contributed by atoms with Crippen LogP contribution in [0.2, 0.25) is 5.28 Å². The Morgan fingerprint density at radius 2 is 2.10 bits per heavy atom. The van der Waals surface area contributed by atoms with Crippen LogP contribution in [0.3, 0.4) is 0 Å². The fourth-order valence-corrected chi connectivity index (χ4v) is 1.91. The quantitative estimate of drug-likeness (QED) is 0.847. The molecule has 6 nitrogen and oxygen atoms in total. The van der Waals surface area contributed by atoms with Crippen LogP contribution < -0.4 is 10.2 Å². The van der Waals surface area contributed by atoms with Gasteiger partial charge in [0.15, 0.2) is 0 Å². The summed E-state index contributed by atoms with van der Waals surface area (Å²) in [5, 5.41) is 3.32. The number of nitrogens with zero attached hydrogens (tertiary/aromatic N) is 5. The first-order valence-electron chi connectivity index (χ1n) is 6.95. The second-order valence-corrected chi connectivity index (χ2v) is 4.99. The molecule has 112 valence electrons. The summed E-state index contributed by atoms with van der Waals surface area (Å²) in [6.45, 7) is 3.64. The Bertz CT molecular complexity index is 563. The van der Waals surface area contributed by atoms with Crippen molar-refractivity contribution in [3.63, 3.8) is 0 Å². The molecule has 0 fully saturated rings. The largest absolute Gasteiger partial charge is 0.354 e. The fraction of sp³-hybridized carbons (Fsp3) is 0.429. The van der Waals surface area contributed by atoms with E-state index in [0.29, 0.717) is 11.9 Å². The highest BCUT2D eigenvalue weighted by atomic mass is 35.5. The van der Waals surface area contributed by atoms with Gasteiger partial charge in [0, 0.05) is 38.4 Å². The zero-order valence-electron chi connectivity index (χ0n) is 12.3. The predicted molar refractivity (Wildman–Crippen MR) is 84.8 cm³/mol. The van der Waals surface area contributed by atoms with Crippen molar-refractivity contribution in [1.29, 1.82) is 0 Å². The van der Waals surface area contributed by atoms with Crippen molar-refractivity contribution >= 4 is 23.5 Å². The Morgan fingerprint density at radius 1 is 1.24 bits per heavy atom. The SMILES string of the molecule is CCCNc1nc(Cl)nc(N(C)CCc2ccccn2)n1. The van der Waals surface area contributed by atoms with Crippen LogP contribution in [0.15, 0.2) is 24.4 Å². The number of pyridine rings is 1. The van der Waals surface area contributed by atoms with Crippen LogP contribution in [0.1, 0.15) is 19.0 Å². The van der Waals surface area contributed by atoms with Gasteiger partial charge >= 0.3 is 0 Å². The van der Waals surface area contributed by atoms with Gasteiger partial charge in [-0.3, -0.25) is 4.98 Å². The van der Waals surface area contributed by atoms with Gasteiger partial charge in [0.05, 0.1) is 0 Å². The number of nitrogens with one attached hydrogen (secondary N) is 1. The Morgan fingerprint density at radius 3 is 2.81 bits per heavy atom. The molecule has 2 heterocycles. The molecule has 2 aromatic heterocycles. The summed E-state index contributed by atoms with van der Waals surface area (Å²) in [6, 6.07) is 5.89. The molecule has 0 bridgehead atoms. The zero-order chi connectivity index (χ0) is 15.1. The standard InChI is InChI=1S/C14H19ClN6/c1-3-8-17-13-18-12(15)19-14(20-13)21(2)10-7-11-6-4-5-9-16-11/h4-6,9H,3,7-8,10H2,1-2H3,(H,17,18,19,20). The number of likely N-dealkylation sites (N-methyl/N-ethyl adjacent to an activating group) is 1. The molecular weight excluding hydrogens is 288 g/mol. The highest BCUT2D eigenvalue weighted by Gasteiger charge is 2.09. The molecule has 2 aromatic rings. The number of aromatic nitrogens is 4. The van der Waals surface area contributed by atoms with E-state index in [0.717, 1.165) is 31.6 Å². The molecule has 0 radical (unpaired) electrons. The Hall–Kier alpha value is -1.95. The van der Waals surface area contributed by atoms with Gasteiger partial charge < -0.3 is 10.2 Å². The van der Waals surface area contributed by atoms with Crippen LogP contribution in [0.25, 0.3) is 0 Å². The van der Waals surface area contributed by atoms with Crippen LogP contribution in [-0.4, -0.2) is 40.1 Å². The first kappa shape index (κ1) is 15.4. The summed E-state index contributed by atoms with van der Waals surface area (Å²) >= 11 is 5.95. The third-order valence-electron chi connectivity index (χ3n) is 2.90. The number of anilines is 2. The summed E-state index contributed by atoms with van der Waals surface area (Å²) in [7, 11) is 1.93. The van der Waals surface area contributed by atoms with E-state index in [4.69, 9.17) is 11.6 Å². The van der Waals surface area contributed by atoms with Crippen LogP contribution in [0.5, 0.6) is 0 Å². The highest BCUT2D eigenvalue weighted by Crippen LogP contribution is 2.13. The third-order valence-corrected chi connectivity index (χ3v) is 3.07. The fourth-order valence-electron chi connectivity index (χ4n) is 1.75. The van der Waals surface area contributed by atoms with Crippen LogP contribution in [-0.2, 0) is 6.42 Å². The third kappa shape index (κ3) is 4.82. The molecule has 0 atom stereocenters. The lowest BCUT2D eigenvalue weighted by atomic mass is 10.2. The van der Waals surface area contributed by atoms with E-state index in [1.165, 1.54) is 0 Å². The Balaban J connectivity index is 2.01. The molecule has 21 heavy (non-hydrogen) atoms. The molecular formula is C14H19ClN6. The van der Waals surface area contributed by atoms with Crippen LogP contribution >= 0.6 is 11.6 Å². The van der Waals surface area contributed by atoms with Crippen molar-refractivity contribution in [2.45, 2.75) is 19.8 Å². The molecule has 0 spiro atoms. The second-order valence-electron chi connectivity index (χ2n) is 4.65. The molecule has 0 saturated carbocycles. The lowest BCUT2D eigenvalue weighted by molar-refractivity contribution is 0.812. The first-order chi connectivity index (χ1) is 10.2. The second kappa shape index (κ2) is 7.73. The topological polar surface area (TPSA) is 66.8 Å². The molecule has 0 aliphatic carbocycles. The lowest BCUT2D eigenvalue weighted by Crippen LogP contribution is -2.23. The number of hydrogen-bond donors (Lipinski definition) is 1. The minimum absolute atomic E-state index is 0.197. The van der Waals surface area contributed by atoms with Gasteiger partial charge in [-0.15, -0.1) is 0 Å². The molecule has 0 saturated heterocycles. The number of halogens is 1. The summed E-state index contributed by atoms with van der Waals surface area (Å²) in [5.74, 6) is 1.07. The lowest BCUT2D eigenvalue weighted by Gasteiger charge is -2.17. The van der Waals surface area contributed by atoms with Gasteiger partial charge in [-0.05, 0) is 30.2 Å². The predicted octanol–water partition coefficient (Wildman–Crippen LogP) is 2.42. The van der Waals surface area contributed by atoms with Gasteiger partial charge in [0.1, 0.15) is 0 Å². The van der Waals surface area contributed by atoms with E-state index in [9.17, 15) is 0 Å². The number of hydrogen-bond acceptors (Lipinski definition) is 6. The molecule has 0 amide bonds. The highest BCUT2D eigenvalue weighted by molar-refractivity contribution is 6.28. The first-order valence-corrected chi connectivity index (χ1v) is 7.33. The minimum Gasteiger partial charge on any atom is -0.354 e. The maximum Gasteiger partial charge on any atom is 0.231 e. The summed E-state index contributed by atoms with van der Waals surface area (Å²) in [4.78, 5) is 18.8. The van der Waals surface area contributed by atoms with E-state index < -0.39 is 0 Å². The van der Waals surface area contributed by atoms with E-state index in [1.54, 1.807) is 6.20 Å². The summed E-state index contributed by atoms with van der Waals surface area (Å²) in [5.41, 5.74) is 1.04. The minimum atomic E-state index is 0.197. The smallest absolute Gasteiger partial charge is 0.231 e. The van der Waals surface area contributed by atoms with Gasteiger partial charge in [0.25, 0.3) is 0 Å². The Kier molecular flexibility index (Phi) is 5.68. The number of rotatable bonds is 7. The Labute approximate surface area is 129 Å².